The molecule has 0 aliphatic carbocycles. The van der Waals surface area contributed by atoms with Gasteiger partial charge in [0.1, 0.15) is 12.7 Å². The molecule has 0 atom stereocenters. The summed E-state index contributed by atoms with van der Waals surface area (Å²) in [5.74, 6) is 0.456. The Kier molecular flexibility index (Phi) is 8.72. The minimum Gasteiger partial charge on any atom is -0.759 e. The predicted octanol–water partition coefficient (Wildman–Crippen LogP) is -1.25. The summed E-state index contributed by atoms with van der Waals surface area (Å²) < 4.78 is 35.4. The predicted molar refractivity (Wildman–Crippen MR) is 51.2 cm³/mol. The van der Waals surface area contributed by atoms with Crippen LogP contribution in [-0.4, -0.2) is 43.7 Å². The van der Waals surface area contributed by atoms with Crippen LogP contribution in [-0.2, 0) is 34.0 Å². The summed E-state index contributed by atoms with van der Waals surface area (Å²) in [6, 6.07) is 0. The van der Waals surface area contributed by atoms with E-state index in [9.17, 15) is 10.1 Å². The monoisotopic (exact) mass is 323 g/mol. The molecular weight excluding hydrogens is 314 g/mol. The number of aliphatic hydroxyl groups is 1. The van der Waals surface area contributed by atoms with Gasteiger partial charge in [0.2, 0.25) is 0 Å². The Hall–Kier alpha value is -1.04. The molecule has 10 nitrogen and oxygen atoms in total. The molecule has 18 heavy (non-hydrogen) atoms. The number of aromatic nitrogens is 2. The van der Waals surface area contributed by atoms with Crippen molar-refractivity contribution >= 4 is 16.2 Å². The topological polar surface area (TPSA) is 161 Å². The van der Waals surface area contributed by atoms with Gasteiger partial charge >= 0.3 is 22.9 Å². The van der Waals surface area contributed by atoms with Gasteiger partial charge in [-0.25, -0.2) is 9.55 Å². The molecule has 1 heterocycles. The van der Waals surface area contributed by atoms with Crippen LogP contribution in [0.5, 0.6) is 0 Å². The minimum absolute atomic E-state index is 0. The van der Waals surface area contributed by atoms with Crippen molar-refractivity contribution in [3.63, 3.8) is 0 Å². The van der Waals surface area contributed by atoms with E-state index in [-0.39, 0.29) is 36.0 Å². The number of imidazole rings is 1. The number of nitro groups is 1. The van der Waals surface area contributed by atoms with E-state index in [1.54, 1.807) is 6.92 Å². The van der Waals surface area contributed by atoms with E-state index in [0.717, 1.165) is 0 Å². The zero-order chi connectivity index (χ0) is 13.6. The van der Waals surface area contributed by atoms with Crippen LogP contribution in [0.15, 0.2) is 6.20 Å². The molecule has 0 aliphatic rings. The molecule has 0 saturated heterocycles. The first-order valence-corrected chi connectivity index (χ1v) is 5.44. The third kappa shape index (κ3) is 8.11. The van der Waals surface area contributed by atoms with Crippen LogP contribution in [0.1, 0.15) is 5.82 Å². The van der Waals surface area contributed by atoms with Gasteiger partial charge in [-0.05, 0) is 4.92 Å². The van der Waals surface area contributed by atoms with Crippen LogP contribution < -0.4 is 0 Å². The maximum Gasteiger partial charge on any atom is 2.00 e. The molecule has 0 fully saturated rings. The Balaban J connectivity index is 0. The van der Waals surface area contributed by atoms with Gasteiger partial charge in [-0.1, -0.05) is 0 Å². The van der Waals surface area contributed by atoms with E-state index in [2.05, 4.69) is 4.98 Å². The normalized spacial score (nSPS) is 10.0. The van der Waals surface area contributed by atoms with Crippen molar-refractivity contribution in [2.75, 3.05) is 6.61 Å². The third-order valence-electron chi connectivity index (χ3n) is 1.54. The van der Waals surface area contributed by atoms with Gasteiger partial charge in [-0.2, -0.15) is 0 Å². The van der Waals surface area contributed by atoms with Gasteiger partial charge < -0.3 is 24.3 Å². The Labute approximate surface area is 113 Å². The molecule has 1 aromatic heterocycles. The summed E-state index contributed by atoms with van der Waals surface area (Å²) in [7, 11) is -5.17. The van der Waals surface area contributed by atoms with Crippen molar-refractivity contribution in [3.05, 3.63) is 22.1 Å². The Morgan fingerprint density at radius 1 is 1.50 bits per heavy atom. The Bertz CT molecular complexity index is 477. The SMILES string of the molecule is Cc1ncc([N+](=O)[O-])n1CCO.O=S(=O)([O-])[O-].[Fe+2]. The quantitative estimate of drug-likeness (QED) is 0.237. The molecule has 1 aromatic rings. The minimum atomic E-state index is -5.17. The number of hydrogen-bond acceptors (Lipinski definition) is 8. The van der Waals surface area contributed by atoms with Crippen LogP contribution in [0, 0.1) is 17.0 Å². The third-order valence-corrected chi connectivity index (χ3v) is 1.54. The van der Waals surface area contributed by atoms with E-state index in [0.29, 0.717) is 5.82 Å². The molecule has 0 radical (unpaired) electrons. The molecule has 1 N–H and O–H groups in total. The number of aliphatic hydroxyl groups excluding tert-OH is 1. The zero-order valence-electron chi connectivity index (χ0n) is 8.99. The average Bonchev–Trinajstić information content (AvgIpc) is 2.46. The van der Waals surface area contributed by atoms with E-state index in [1.165, 1.54) is 10.8 Å². The first-order chi connectivity index (χ1) is 7.66. The standard InChI is InChI=1S/C6H9N3O3.Fe.H2O4S/c1-5-7-4-6(9(11)12)8(5)2-3-10;;1-5(2,3)4/h4,10H,2-3H2,1H3;;(H2,1,2,3,4)/q;+2;/p-2. The second-order valence-corrected chi connectivity index (χ2v) is 3.52. The molecule has 0 aliphatic heterocycles. The van der Waals surface area contributed by atoms with Gasteiger partial charge in [0.25, 0.3) is 0 Å². The summed E-state index contributed by atoms with van der Waals surface area (Å²) >= 11 is 0. The molecule has 12 heteroatoms. The van der Waals surface area contributed by atoms with Crippen LogP contribution >= 0.6 is 0 Å². The Morgan fingerprint density at radius 3 is 2.28 bits per heavy atom. The largest absolute Gasteiger partial charge is 2.00 e. The van der Waals surface area contributed by atoms with Crippen molar-refractivity contribution in [3.8, 4) is 0 Å². The first kappa shape index (κ1) is 19.3. The fourth-order valence-corrected chi connectivity index (χ4v) is 0.978. The molecule has 1 rings (SSSR count). The Morgan fingerprint density at radius 2 is 1.94 bits per heavy atom. The second kappa shape index (κ2) is 8.13. The van der Waals surface area contributed by atoms with E-state index in [4.69, 9.17) is 22.6 Å². The van der Waals surface area contributed by atoms with Gasteiger partial charge in [-0.3, -0.25) is 8.42 Å². The fourth-order valence-electron chi connectivity index (χ4n) is 0.978. The van der Waals surface area contributed by atoms with Crippen LogP contribution in [0.4, 0.5) is 5.82 Å². The fraction of sp³-hybridized carbons (Fsp3) is 0.500. The second-order valence-electron chi connectivity index (χ2n) is 2.70. The molecular formula is C6H9FeN3O7S. The van der Waals surface area contributed by atoms with Crippen LogP contribution in [0.2, 0.25) is 0 Å². The maximum absolute atomic E-state index is 10.4. The molecule has 0 spiro atoms. The summed E-state index contributed by atoms with van der Waals surface area (Å²) in [4.78, 5) is 13.6. The molecule has 0 amide bonds. The van der Waals surface area contributed by atoms with Gasteiger partial charge in [0.05, 0.1) is 6.61 Å². The number of aryl methyl sites for hydroxylation is 1. The van der Waals surface area contributed by atoms with Crippen LogP contribution in [0.3, 0.4) is 0 Å². The van der Waals surface area contributed by atoms with E-state index >= 15 is 0 Å². The smallest absolute Gasteiger partial charge is 0.759 e. The average molecular weight is 323 g/mol. The molecule has 0 saturated carbocycles. The summed E-state index contributed by atoms with van der Waals surface area (Å²) in [5.41, 5.74) is 0. The van der Waals surface area contributed by atoms with Crippen molar-refractivity contribution in [2.45, 2.75) is 13.5 Å². The molecule has 0 aromatic carbocycles. The number of rotatable bonds is 3. The van der Waals surface area contributed by atoms with Crippen molar-refractivity contribution in [1.29, 1.82) is 0 Å². The first-order valence-electron chi connectivity index (χ1n) is 4.11. The number of nitrogens with zero attached hydrogens (tertiary/aromatic N) is 3. The van der Waals surface area contributed by atoms with E-state index in [1.807, 2.05) is 0 Å². The van der Waals surface area contributed by atoms with Crippen molar-refractivity contribution in [1.82, 2.24) is 9.55 Å². The van der Waals surface area contributed by atoms with Crippen molar-refractivity contribution in [2.24, 2.45) is 0 Å². The van der Waals surface area contributed by atoms with Crippen molar-refractivity contribution < 1.29 is 44.6 Å². The van der Waals surface area contributed by atoms with Gasteiger partial charge in [0.15, 0.2) is 5.82 Å². The molecule has 104 valence electrons. The van der Waals surface area contributed by atoms with Crippen LogP contribution in [0.25, 0.3) is 0 Å². The van der Waals surface area contributed by atoms with E-state index < -0.39 is 15.3 Å². The molecule has 0 bridgehead atoms. The number of hydrogen-bond donors (Lipinski definition) is 1. The summed E-state index contributed by atoms with van der Waals surface area (Å²) in [5, 5.41) is 19.0. The van der Waals surface area contributed by atoms with Gasteiger partial charge in [0, 0.05) is 17.3 Å². The summed E-state index contributed by atoms with van der Waals surface area (Å²) in [6.07, 6.45) is 1.19. The van der Waals surface area contributed by atoms with Gasteiger partial charge in [-0.15, -0.1) is 0 Å². The molecule has 0 unspecified atom stereocenters. The summed E-state index contributed by atoms with van der Waals surface area (Å²) in [6.45, 7) is 1.74. The maximum atomic E-state index is 10.4. The zero-order valence-corrected chi connectivity index (χ0v) is 10.9.